The van der Waals surface area contributed by atoms with Crippen LogP contribution in [0.5, 0.6) is 0 Å². The molecule has 0 aromatic rings. The maximum atomic E-state index is 12.6. The Bertz CT molecular complexity index is 393. The molecule has 20 heavy (non-hydrogen) atoms. The smallest absolute Gasteiger partial charge is 0.307 e. The van der Waals surface area contributed by atoms with E-state index in [-0.39, 0.29) is 11.8 Å². The monoisotopic (exact) mass is 283 g/mol. The molecule has 2 unspecified atom stereocenters. The summed E-state index contributed by atoms with van der Waals surface area (Å²) in [5, 5.41) is 19.3. The van der Waals surface area contributed by atoms with Gasteiger partial charge in [0.15, 0.2) is 0 Å². The van der Waals surface area contributed by atoms with E-state index >= 15 is 0 Å². The van der Waals surface area contributed by atoms with Crippen LogP contribution in [0.1, 0.15) is 46.0 Å². The third-order valence-electron chi connectivity index (χ3n) is 4.81. The highest BCUT2D eigenvalue weighted by atomic mass is 16.4. The summed E-state index contributed by atoms with van der Waals surface area (Å²) >= 11 is 0. The van der Waals surface area contributed by atoms with E-state index in [1.807, 2.05) is 6.92 Å². The summed E-state index contributed by atoms with van der Waals surface area (Å²) in [6.45, 7) is 4.98. The zero-order valence-electron chi connectivity index (χ0n) is 12.3. The number of hydrogen-bond donors (Lipinski definition) is 2. The molecule has 2 fully saturated rings. The molecule has 2 N–H and O–H groups in total. The number of aliphatic hydroxyl groups is 1. The minimum Gasteiger partial charge on any atom is -0.481 e. The standard InChI is InChI=1S/C15H25NO4/c1-10-8-11(12(9-10)14(18)19)13(17)16-6-3-4-15(2,20)5-7-16/h10-12,20H,3-9H2,1-2H3,(H,18,19)/t10?,11-,12+,15?/m0/s1. The van der Waals surface area contributed by atoms with Gasteiger partial charge in [-0.05, 0) is 44.9 Å². The third kappa shape index (κ3) is 3.32. The van der Waals surface area contributed by atoms with E-state index in [1.165, 1.54) is 0 Å². The van der Waals surface area contributed by atoms with E-state index in [4.69, 9.17) is 0 Å². The van der Waals surface area contributed by atoms with Crippen molar-refractivity contribution in [1.29, 1.82) is 0 Å². The van der Waals surface area contributed by atoms with E-state index in [0.29, 0.717) is 44.7 Å². The van der Waals surface area contributed by atoms with Crippen LogP contribution in [-0.2, 0) is 9.59 Å². The van der Waals surface area contributed by atoms with Gasteiger partial charge in [-0.2, -0.15) is 0 Å². The fourth-order valence-electron chi connectivity index (χ4n) is 3.56. The average molecular weight is 283 g/mol. The summed E-state index contributed by atoms with van der Waals surface area (Å²) in [6, 6.07) is 0. The summed E-state index contributed by atoms with van der Waals surface area (Å²) in [5.74, 6) is -1.51. The molecule has 114 valence electrons. The van der Waals surface area contributed by atoms with Crippen molar-refractivity contribution in [2.75, 3.05) is 13.1 Å². The van der Waals surface area contributed by atoms with Crippen LogP contribution < -0.4 is 0 Å². The zero-order chi connectivity index (χ0) is 14.9. The molecule has 1 amide bonds. The average Bonchev–Trinajstić information content (AvgIpc) is 2.65. The Morgan fingerprint density at radius 1 is 1.15 bits per heavy atom. The number of amides is 1. The predicted molar refractivity (Wildman–Crippen MR) is 74.1 cm³/mol. The molecule has 2 rings (SSSR count). The SMILES string of the molecule is CC1C[C@H](C(=O)N2CCCC(C)(O)CC2)[C@H](C(=O)O)C1. The Labute approximate surface area is 120 Å². The molecular formula is C15H25NO4. The molecule has 0 bridgehead atoms. The molecule has 0 aromatic carbocycles. The van der Waals surface area contributed by atoms with Gasteiger partial charge in [-0.15, -0.1) is 0 Å². The molecule has 1 aliphatic carbocycles. The molecule has 0 spiro atoms. The van der Waals surface area contributed by atoms with E-state index in [1.54, 1.807) is 11.8 Å². The van der Waals surface area contributed by atoms with Gasteiger partial charge in [0.1, 0.15) is 0 Å². The van der Waals surface area contributed by atoms with Gasteiger partial charge in [0, 0.05) is 13.1 Å². The number of carbonyl (C=O) groups is 2. The van der Waals surface area contributed by atoms with Gasteiger partial charge in [-0.1, -0.05) is 6.92 Å². The second-order valence-corrected chi connectivity index (χ2v) is 6.80. The van der Waals surface area contributed by atoms with E-state index in [0.717, 1.165) is 6.42 Å². The van der Waals surface area contributed by atoms with Gasteiger partial charge in [-0.25, -0.2) is 0 Å². The van der Waals surface area contributed by atoms with Gasteiger partial charge < -0.3 is 15.1 Å². The van der Waals surface area contributed by atoms with Gasteiger partial charge >= 0.3 is 5.97 Å². The van der Waals surface area contributed by atoms with Gasteiger partial charge in [0.25, 0.3) is 0 Å². The van der Waals surface area contributed by atoms with Gasteiger partial charge in [0.2, 0.25) is 5.91 Å². The molecule has 5 nitrogen and oxygen atoms in total. The topological polar surface area (TPSA) is 77.8 Å². The van der Waals surface area contributed by atoms with E-state index in [2.05, 4.69) is 0 Å². The molecule has 1 aliphatic heterocycles. The predicted octanol–water partition coefficient (Wildman–Crippen LogP) is 1.50. The Morgan fingerprint density at radius 3 is 2.45 bits per heavy atom. The van der Waals surface area contributed by atoms with E-state index in [9.17, 15) is 19.8 Å². The molecule has 4 atom stereocenters. The Hall–Kier alpha value is -1.10. The number of carboxylic acids is 1. The van der Waals surface area contributed by atoms with Crippen LogP contribution in [0.25, 0.3) is 0 Å². The number of aliphatic carboxylic acids is 1. The third-order valence-corrected chi connectivity index (χ3v) is 4.81. The largest absolute Gasteiger partial charge is 0.481 e. The molecule has 1 heterocycles. The summed E-state index contributed by atoms with van der Waals surface area (Å²) in [4.78, 5) is 25.7. The van der Waals surface area contributed by atoms with Crippen molar-refractivity contribution in [3.63, 3.8) is 0 Å². The Balaban J connectivity index is 2.05. The molecule has 0 radical (unpaired) electrons. The molecular weight excluding hydrogens is 258 g/mol. The first-order valence-electron chi connectivity index (χ1n) is 7.54. The van der Waals surface area contributed by atoms with Crippen molar-refractivity contribution in [3.05, 3.63) is 0 Å². The maximum absolute atomic E-state index is 12.6. The lowest BCUT2D eigenvalue weighted by Crippen LogP contribution is -2.40. The molecule has 0 aromatic heterocycles. The quantitative estimate of drug-likeness (QED) is 0.805. The number of likely N-dealkylation sites (tertiary alicyclic amines) is 1. The van der Waals surface area contributed by atoms with Crippen molar-refractivity contribution in [3.8, 4) is 0 Å². The van der Waals surface area contributed by atoms with Crippen molar-refractivity contribution in [2.45, 2.75) is 51.6 Å². The molecule has 2 aliphatic rings. The second-order valence-electron chi connectivity index (χ2n) is 6.80. The van der Waals surface area contributed by atoms with E-state index < -0.39 is 17.5 Å². The Kier molecular flexibility index (Phi) is 4.37. The van der Waals surface area contributed by atoms with Crippen molar-refractivity contribution >= 4 is 11.9 Å². The van der Waals surface area contributed by atoms with Crippen molar-refractivity contribution < 1.29 is 19.8 Å². The minimum absolute atomic E-state index is 0.0283. The molecule has 1 saturated heterocycles. The highest BCUT2D eigenvalue weighted by Gasteiger charge is 2.43. The lowest BCUT2D eigenvalue weighted by Gasteiger charge is -2.26. The van der Waals surface area contributed by atoms with Gasteiger partial charge in [0.05, 0.1) is 17.4 Å². The molecule has 5 heteroatoms. The van der Waals surface area contributed by atoms with Gasteiger partial charge in [-0.3, -0.25) is 9.59 Å². The summed E-state index contributed by atoms with van der Waals surface area (Å²) in [5.41, 5.74) is -0.704. The van der Waals surface area contributed by atoms with Crippen molar-refractivity contribution in [1.82, 2.24) is 4.90 Å². The first-order valence-corrected chi connectivity index (χ1v) is 7.54. The first kappa shape index (κ1) is 15.3. The lowest BCUT2D eigenvalue weighted by molar-refractivity contribution is -0.149. The highest BCUT2D eigenvalue weighted by Crippen LogP contribution is 2.38. The maximum Gasteiger partial charge on any atom is 0.307 e. The number of carbonyl (C=O) groups excluding carboxylic acids is 1. The number of rotatable bonds is 2. The lowest BCUT2D eigenvalue weighted by atomic mass is 9.94. The van der Waals surface area contributed by atoms with Crippen LogP contribution in [0.4, 0.5) is 0 Å². The Morgan fingerprint density at radius 2 is 1.80 bits per heavy atom. The number of nitrogens with zero attached hydrogens (tertiary/aromatic N) is 1. The summed E-state index contributed by atoms with van der Waals surface area (Å²) < 4.78 is 0. The normalized spacial score (nSPS) is 38.5. The van der Waals surface area contributed by atoms with Crippen LogP contribution in [0, 0.1) is 17.8 Å². The number of carboxylic acid groups (broad SMARTS) is 1. The van der Waals surface area contributed by atoms with Crippen LogP contribution in [-0.4, -0.2) is 45.7 Å². The second kappa shape index (κ2) is 5.72. The van der Waals surface area contributed by atoms with Crippen molar-refractivity contribution in [2.24, 2.45) is 17.8 Å². The first-order chi connectivity index (χ1) is 9.30. The minimum atomic E-state index is -0.852. The highest BCUT2D eigenvalue weighted by molar-refractivity contribution is 5.85. The van der Waals surface area contributed by atoms with Crippen LogP contribution in [0.3, 0.4) is 0 Å². The van der Waals surface area contributed by atoms with Crippen LogP contribution in [0.15, 0.2) is 0 Å². The molecule has 1 saturated carbocycles. The number of hydrogen-bond acceptors (Lipinski definition) is 3. The fraction of sp³-hybridized carbons (Fsp3) is 0.867. The van der Waals surface area contributed by atoms with Crippen LogP contribution in [0.2, 0.25) is 0 Å². The zero-order valence-corrected chi connectivity index (χ0v) is 12.3. The summed E-state index contributed by atoms with van der Waals surface area (Å²) in [6.07, 6.45) is 3.30. The summed E-state index contributed by atoms with van der Waals surface area (Å²) in [7, 11) is 0. The fourth-order valence-corrected chi connectivity index (χ4v) is 3.56. The van der Waals surface area contributed by atoms with Crippen LogP contribution >= 0.6 is 0 Å².